The van der Waals surface area contributed by atoms with Crippen molar-refractivity contribution < 1.29 is 12.8 Å². The fraction of sp³-hybridized carbons (Fsp3) is 0.143. The van der Waals surface area contributed by atoms with E-state index in [1.165, 1.54) is 30.3 Å². The average molecular weight is 279 g/mol. The van der Waals surface area contributed by atoms with Crippen LogP contribution in [0.3, 0.4) is 0 Å². The highest BCUT2D eigenvalue weighted by Gasteiger charge is 2.14. The first-order valence-corrected chi connectivity index (χ1v) is 7.22. The molecule has 0 aromatic heterocycles. The lowest BCUT2D eigenvalue weighted by molar-refractivity contribution is 0.601. The quantitative estimate of drug-likeness (QED) is 0.937. The summed E-state index contributed by atoms with van der Waals surface area (Å²) in [6.45, 7) is 3.49. The summed E-state index contributed by atoms with van der Waals surface area (Å²) < 4.78 is 39.9. The highest BCUT2D eigenvalue weighted by Crippen LogP contribution is 2.18. The number of benzene rings is 2. The Hall–Kier alpha value is -1.88. The number of rotatable bonds is 3. The molecule has 0 aliphatic heterocycles. The molecule has 0 atom stereocenters. The van der Waals surface area contributed by atoms with E-state index in [4.69, 9.17) is 0 Å². The van der Waals surface area contributed by atoms with Gasteiger partial charge in [0.1, 0.15) is 5.82 Å². The third-order valence-electron chi connectivity index (χ3n) is 2.76. The Bertz CT molecular complexity index is 694. The molecule has 100 valence electrons. The molecule has 2 aromatic carbocycles. The summed E-state index contributed by atoms with van der Waals surface area (Å²) >= 11 is 0. The second kappa shape index (κ2) is 5.01. The van der Waals surface area contributed by atoms with Crippen LogP contribution < -0.4 is 4.72 Å². The molecule has 0 heterocycles. The van der Waals surface area contributed by atoms with Crippen LogP contribution in [0.2, 0.25) is 0 Å². The summed E-state index contributed by atoms with van der Waals surface area (Å²) in [5.74, 6) is -0.441. The highest BCUT2D eigenvalue weighted by molar-refractivity contribution is 7.92. The molecule has 0 saturated heterocycles. The standard InChI is InChI=1S/C14H14FNO2S/c1-10-3-7-13(8-4-10)19(17,18)16-12-6-5-11(2)14(15)9-12/h3-9,16H,1-2H3. The largest absolute Gasteiger partial charge is 0.280 e. The fourth-order valence-corrected chi connectivity index (χ4v) is 2.64. The van der Waals surface area contributed by atoms with Gasteiger partial charge in [-0.15, -0.1) is 0 Å². The Morgan fingerprint density at radius 3 is 2.21 bits per heavy atom. The van der Waals surface area contributed by atoms with Crippen molar-refractivity contribution in [1.29, 1.82) is 0 Å². The Morgan fingerprint density at radius 2 is 1.63 bits per heavy atom. The number of sulfonamides is 1. The van der Waals surface area contributed by atoms with Crippen LogP contribution in [0.25, 0.3) is 0 Å². The number of nitrogens with one attached hydrogen (secondary N) is 1. The van der Waals surface area contributed by atoms with E-state index in [-0.39, 0.29) is 10.6 Å². The van der Waals surface area contributed by atoms with E-state index in [9.17, 15) is 12.8 Å². The van der Waals surface area contributed by atoms with Gasteiger partial charge in [0.05, 0.1) is 10.6 Å². The average Bonchev–Trinajstić information content (AvgIpc) is 2.34. The van der Waals surface area contributed by atoms with Gasteiger partial charge in [0.2, 0.25) is 0 Å². The highest BCUT2D eigenvalue weighted by atomic mass is 32.2. The second-order valence-electron chi connectivity index (χ2n) is 4.38. The van der Waals surface area contributed by atoms with Gasteiger partial charge in [-0.05, 0) is 43.7 Å². The predicted molar refractivity (Wildman–Crippen MR) is 73.1 cm³/mol. The molecule has 5 heteroatoms. The number of halogens is 1. The number of hydrogen-bond donors (Lipinski definition) is 1. The molecule has 19 heavy (non-hydrogen) atoms. The Kier molecular flexibility index (Phi) is 3.57. The van der Waals surface area contributed by atoms with E-state index < -0.39 is 15.8 Å². The summed E-state index contributed by atoms with van der Waals surface area (Å²) in [5, 5.41) is 0. The third kappa shape index (κ3) is 3.12. The molecule has 0 bridgehead atoms. The summed E-state index contributed by atoms with van der Waals surface area (Å²) in [7, 11) is -3.68. The zero-order chi connectivity index (χ0) is 14.0. The van der Waals surface area contributed by atoms with E-state index in [1.54, 1.807) is 19.1 Å². The van der Waals surface area contributed by atoms with Crippen LogP contribution in [0.5, 0.6) is 0 Å². The third-order valence-corrected chi connectivity index (χ3v) is 4.15. The molecular formula is C14H14FNO2S. The zero-order valence-electron chi connectivity index (χ0n) is 10.6. The van der Waals surface area contributed by atoms with Gasteiger partial charge in [0.15, 0.2) is 0 Å². The molecule has 2 rings (SSSR count). The number of anilines is 1. The minimum absolute atomic E-state index is 0.152. The van der Waals surface area contributed by atoms with E-state index in [0.29, 0.717) is 5.56 Å². The van der Waals surface area contributed by atoms with Crippen molar-refractivity contribution in [2.75, 3.05) is 4.72 Å². The minimum Gasteiger partial charge on any atom is -0.280 e. The van der Waals surface area contributed by atoms with E-state index in [2.05, 4.69) is 4.72 Å². The maximum absolute atomic E-state index is 13.4. The van der Waals surface area contributed by atoms with Gasteiger partial charge in [0.25, 0.3) is 10.0 Å². The molecular weight excluding hydrogens is 265 g/mol. The van der Waals surface area contributed by atoms with Crippen molar-refractivity contribution in [2.24, 2.45) is 0 Å². The topological polar surface area (TPSA) is 46.2 Å². The lowest BCUT2D eigenvalue weighted by atomic mass is 10.2. The van der Waals surface area contributed by atoms with Gasteiger partial charge in [-0.3, -0.25) is 4.72 Å². The van der Waals surface area contributed by atoms with E-state index in [1.807, 2.05) is 6.92 Å². The fourth-order valence-electron chi connectivity index (χ4n) is 1.59. The van der Waals surface area contributed by atoms with Gasteiger partial charge in [-0.25, -0.2) is 12.8 Å². The van der Waals surface area contributed by atoms with Gasteiger partial charge in [-0.2, -0.15) is 0 Å². The molecule has 0 unspecified atom stereocenters. The van der Waals surface area contributed by atoms with Crippen LogP contribution in [0, 0.1) is 19.7 Å². The molecule has 2 aromatic rings. The molecule has 0 fully saturated rings. The van der Waals surface area contributed by atoms with Gasteiger partial charge >= 0.3 is 0 Å². The maximum atomic E-state index is 13.4. The maximum Gasteiger partial charge on any atom is 0.261 e. The van der Waals surface area contributed by atoms with Crippen LogP contribution in [0.15, 0.2) is 47.4 Å². The summed E-state index contributed by atoms with van der Waals surface area (Å²) in [6, 6.07) is 10.7. The van der Waals surface area contributed by atoms with Crippen LogP contribution in [0.1, 0.15) is 11.1 Å². The van der Waals surface area contributed by atoms with Crippen molar-refractivity contribution in [3.63, 3.8) is 0 Å². The van der Waals surface area contributed by atoms with Crippen molar-refractivity contribution in [3.8, 4) is 0 Å². The molecule has 0 aliphatic carbocycles. The van der Waals surface area contributed by atoms with Gasteiger partial charge in [-0.1, -0.05) is 23.8 Å². The van der Waals surface area contributed by atoms with Crippen LogP contribution in [-0.4, -0.2) is 8.42 Å². The van der Waals surface area contributed by atoms with Gasteiger partial charge in [0, 0.05) is 0 Å². The smallest absolute Gasteiger partial charge is 0.261 e. The molecule has 3 nitrogen and oxygen atoms in total. The predicted octanol–water partition coefficient (Wildman–Crippen LogP) is 3.24. The first kappa shape index (κ1) is 13.5. The minimum atomic E-state index is -3.68. The van der Waals surface area contributed by atoms with Crippen molar-refractivity contribution in [2.45, 2.75) is 18.7 Å². The first-order valence-electron chi connectivity index (χ1n) is 5.74. The van der Waals surface area contributed by atoms with E-state index >= 15 is 0 Å². The molecule has 0 saturated carbocycles. The molecule has 0 spiro atoms. The Balaban J connectivity index is 2.30. The van der Waals surface area contributed by atoms with E-state index in [0.717, 1.165) is 5.56 Å². The molecule has 0 aliphatic rings. The van der Waals surface area contributed by atoms with Crippen LogP contribution in [-0.2, 0) is 10.0 Å². The van der Waals surface area contributed by atoms with Crippen molar-refractivity contribution in [1.82, 2.24) is 0 Å². The van der Waals surface area contributed by atoms with Crippen molar-refractivity contribution in [3.05, 3.63) is 59.4 Å². The van der Waals surface area contributed by atoms with Crippen LogP contribution >= 0.6 is 0 Å². The van der Waals surface area contributed by atoms with Gasteiger partial charge < -0.3 is 0 Å². The SMILES string of the molecule is Cc1ccc(S(=O)(=O)Nc2ccc(C)c(F)c2)cc1. The second-order valence-corrected chi connectivity index (χ2v) is 6.06. The van der Waals surface area contributed by atoms with Crippen LogP contribution in [0.4, 0.5) is 10.1 Å². The lowest BCUT2D eigenvalue weighted by Crippen LogP contribution is -2.13. The molecule has 0 radical (unpaired) electrons. The first-order chi connectivity index (χ1) is 8.88. The summed E-state index contributed by atoms with van der Waals surface area (Å²) in [6.07, 6.45) is 0. The van der Waals surface area contributed by atoms with Crippen molar-refractivity contribution >= 4 is 15.7 Å². The molecule has 1 N–H and O–H groups in total. The lowest BCUT2D eigenvalue weighted by Gasteiger charge is -2.09. The summed E-state index contributed by atoms with van der Waals surface area (Å²) in [5.41, 5.74) is 1.65. The normalized spacial score (nSPS) is 11.3. The number of hydrogen-bond acceptors (Lipinski definition) is 2. The summed E-state index contributed by atoms with van der Waals surface area (Å²) in [4.78, 5) is 0.152. The Labute approximate surface area is 112 Å². The number of aryl methyl sites for hydroxylation is 2. The Morgan fingerprint density at radius 1 is 1.00 bits per heavy atom. The molecule has 0 amide bonds. The zero-order valence-corrected chi connectivity index (χ0v) is 11.5. The monoisotopic (exact) mass is 279 g/mol.